The summed E-state index contributed by atoms with van der Waals surface area (Å²) in [5.41, 5.74) is 1.64. The number of esters is 2. The van der Waals surface area contributed by atoms with Crippen molar-refractivity contribution >= 4 is 23.9 Å². The number of carboxylic acids is 2. The maximum absolute atomic E-state index is 13.3. The number of piperidine rings is 1. The molecule has 14 heteroatoms. The molecule has 2 heterocycles. The van der Waals surface area contributed by atoms with E-state index in [9.17, 15) is 44.0 Å². The second-order valence-electron chi connectivity index (χ2n) is 13.9. The fourth-order valence-corrected chi connectivity index (χ4v) is 6.77. The van der Waals surface area contributed by atoms with E-state index in [-0.39, 0.29) is 23.0 Å². The molecular formula is C45H42FNO12. The Labute approximate surface area is 338 Å². The van der Waals surface area contributed by atoms with Crippen LogP contribution in [0.15, 0.2) is 133 Å². The molecule has 306 valence electrons. The number of carbonyl (C=O) groups excluding carboxylic acids is 2. The molecule has 5 aromatic carbocycles. The molecule has 0 unspecified atom stereocenters. The van der Waals surface area contributed by atoms with Crippen LogP contribution in [0, 0.1) is 5.82 Å². The Balaban J connectivity index is 0.000000205. The van der Waals surface area contributed by atoms with Crippen molar-refractivity contribution in [1.82, 2.24) is 4.90 Å². The predicted octanol–water partition coefficient (Wildman–Crippen LogP) is 5.79. The molecule has 1 fully saturated rings. The number of carbonyl (C=O) groups is 4. The number of rotatable bonds is 12. The van der Waals surface area contributed by atoms with Gasteiger partial charge in [0.25, 0.3) is 0 Å². The van der Waals surface area contributed by atoms with Gasteiger partial charge in [-0.05, 0) is 72.5 Å². The highest BCUT2D eigenvalue weighted by Crippen LogP contribution is 2.40. The second kappa shape index (κ2) is 19.2. The number of fused-ring (bicyclic) bond motifs is 1. The summed E-state index contributed by atoms with van der Waals surface area (Å²) in [6.45, 7) is 2.07. The minimum Gasteiger partial charge on any atom is -0.491 e. The average Bonchev–Trinajstić information content (AvgIpc) is 3.25. The minimum absolute atomic E-state index is 0.0253. The van der Waals surface area contributed by atoms with Gasteiger partial charge in [0.05, 0.1) is 22.8 Å². The van der Waals surface area contributed by atoms with E-state index in [4.69, 9.17) is 18.9 Å². The molecule has 0 bridgehead atoms. The number of aliphatic carboxylic acids is 2. The van der Waals surface area contributed by atoms with Gasteiger partial charge in [0, 0.05) is 24.7 Å². The van der Waals surface area contributed by atoms with Crippen molar-refractivity contribution in [1.29, 1.82) is 0 Å². The number of hydrogen-bond donors (Lipinski definition) is 4. The lowest BCUT2D eigenvalue weighted by Gasteiger charge is -2.44. The summed E-state index contributed by atoms with van der Waals surface area (Å²) in [5.74, 6) is -4.60. The van der Waals surface area contributed by atoms with Crippen LogP contribution in [0.3, 0.4) is 0 Å². The normalized spacial score (nSPS) is 17.9. The van der Waals surface area contributed by atoms with Gasteiger partial charge in [-0.1, -0.05) is 78.9 Å². The Kier molecular flexibility index (Phi) is 13.7. The molecule has 4 N–H and O–H groups in total. The zero-order valence-corrected chi connectivity index (χ0v) is 31.6. The fraction of sp³-hybridized carbons (Fsp3) is 0.244. The first-order valence-corrected chi connectivity index (χ1v) is 18.7. The van der Waals surface area contributed by atoms with E-state index in [0.717, 1.165) is 16.7 Å². The van der Waals surface area contributed by atoms with Crippen molar-refractivity contribution in [2.24, 2.45) is 0 Å². The summed E-state index contributed by atoms with van der Waals surface area (Å²) in [7, 11) is 0. The summed E-state index contributed by atoms with van der Waals surface area (Å²) in [5, 5.41) is 40.6. The first-order valence-electron chi connectivity index (χ1n) is 18.7. The van der Waals surface area contributed by atoms with Gasteiger partial charge in [0.1, 0.15) is 36.6 Å². The van der Waals surface area contributed by atoms with Gasteiger partial charge < -0.3 is 39.4 Å². The van der Waals surface area contributed by atoms with Crippen molar-refractivity contribution in [3.8, 4) is 11.5 Å². The van der Waals surface area contributed by atoms with Crippen LogP contribution in [-0.4, -0.2) is 87.1 Å². The van der Waals surface area contributed by atoms with E-state index >= 15 is 0 Å². The maximum atomic E-state index is 13.3. The largest absolute Gasteiger partial charge is 0.491 e. The number of hydrogen-bond acceptors (Lipinski definition) is 11. The molecule has 0 spiro atoms. The van der Waals surface area contributed by atoms with Crippen LogP contribution < -0.4 is 9.47 Å². The van der Waals surface area contributed by atoms with Crippen LogP contribution in [0.5, 0.6) is 11.5 Å². The molecule has 13 nitrogen and oxygen atoms in total. The molecule has 5 aromatic rings. The number of likely N-dealkylation sites (tertiary alicyclic amines) is 1. The van der Waals surface area contributed by atoms with Gasteiger partial charge in [-0.2, -0.15) is 0 Å². The van der Waals surface area contributed by atoms with E-state index in [1.54, 1.807) is 24.3 Å². The number of ether oxygens (including phenoxy) is 4. The van der Waals surface area contributed by atoms with Crippen molar-refractivity contribution in [2.75, 3.05) is 19.7 Å². The monoisotopic (exact) mass is 807 g/mol. The van der Waals surface area contributed by atoms with Crippen molar-refractivity contribution in [2.45, 2.75) is 49.4 Å². The van der Waals surface area contributed by atoms with Crippen LogP contribution in [0.25, 0.3) is 0 Å². The zero-order valence-electron chi connectivity index (χ0n) is 31.6. The minimum atomic E-state index is -2.21. The second-order valence-corrected chi connectivity index (χ2v) is 13.9. The molecule has 0 saturated carbocycles. The lowest BCUT2D eigenvalue weighted by atomic mass is 9.83. The lowest BCUT2D eigenvalue weighted by molar-refractivity contribution is -0.166. The SMILES string of the molecule is O=C(O[C@H](C(=O)O)[C@H](OC(=O)c1ccccc1)C(=O)O)c1ccccc1.O[C@H]1c2ccc(OCc3ccccc3)cc2OC[C@H]1N1CCC(O)(c2ccc(F)cc2)CC1. The molecule has 0 radical (unpaired) electrons. The topological polar surface area (TPSA) is 189 Å². The Bertz CT molecular complexity index is 2130. The van der Waals surface area contributed by atoms with E-state index in [1.165, 1.54) is 60.7 Å². The van der Waals surface area contributed by atoms with E-state index in [0.29, 0.717) is 50.6 Å². The smallest absolute Gasteiger partial charge is 0.349 e. The summed E-state index contributed by atoms with van der Waals surface area (Å²) in [4.78, 5) is 49.0. The molecule has 2 aliphatic heterocycles. The first-order chi connectivity index (χ1) is 28.4. The third kappa shape index (κ3) is 10.7. The van der Waals surface area contributed by atoms with E-state index in [1.807, 2.05) is 48.5 Å². The van der Waals surface area contributed by atoms with Crippen molar-refractivity contribution in [3.05, 3.63) is 167 Å². The highest BCUT2D eigenvalue weighted by molar-refractivity contribution is 5.95. The fourth-order valence-electron chi connectivity index (χ4n) is 6.77. The zero-order chi connectivity index (χ0) is 41.9. The highest BCUT2D eigenvalue weighted by Gasteiger charge is 2.42. The molecule has 1 saturated heterocycles. The summed E-state index contributed by atoms with van der Waals surface area (Å²) >= 11 is 0. The number of aliphatic hydroxyl groups excluding tert-OH is 1. The molecule has 2 aliphatic rings. The third-order valence-corrected chi connectivity index (χ3v) is 10.1. The predicted molar refractivity (Wildman–Crippen MR) is 209 cm³/mol. The van der Waals surface area contributed by atoms with Gasteiger partial charge in [-0.25, -0.2) is 23.6 Å². The average molecular weight is 808 g/mol. The third-order valence-electron chi connectivity index (χ3n) is 10.1. The van der Waals surface area contributed by atoms with Gasteiger partial charge in [-0.3, -0.25) is 4.90 Å². The van der Waals surface area contributed by atoms with E-state index in [2.05, 4.69) is 4.90 Å². The van der Waals surface area contributed by atoms with Crippen LogP contribution in [0.1, 0.15) is 56.4 Å². The molecule has 59 heavy (non-hydrogen) atoms. The number of aliphatic hydroxyl groups is 2. The molecule has 4 atom stereocenters. The Morgan fingerprint density at radius 1 is 0.729 bits per heavy atom. The van der Waals surface area contributed by atoms with Crippen LogP contribution in [0.2, 0.25) is 0 Å². The molecule has 0 aromatic heterocycles. The summed E-state index contributed by atoms with van der Waals surface area (Å²) in [6, 6.07) is 36.2. The van der Waals surface area contributed by atoms with Gasteiger partial charge >= 0.3 is 23.9 Å². The quantitative estimate of drug-likeness (QED) is 0.111. The first kappa shape index (κ1) is 42.0. The highest BCUT2D eigenvalue weighted by atomic mass is 19.1. The lowest BCUT2D eigenvalue weighted by Crippen LogP contribution is -2.52. The van der Waals surface area contributed by atoms with Crippen LogP contribution in [-0.2, 0) is 31.3 Å². The number of carboxylic acid groups (broad SMARTS) is 2. The standard InChI is InChI=1S/C27H28FNO4.C18H14O8/c28-21-8-6-20(7-9-21)27(31)12-14-29(15-13-27)24-18-33-25-16-22(10-11-23(25)26(24)30)32-17-19-4-2-1-3-5-19;19-15(20)13(25-17(23)11-7-3-1-4-8-11)14(16(21)22)26-18(24)12-9-5-2-6-10-12/h1-11,16,24,26,30-31H,12-15,17-18H2;1-10,13-14H,(H,19,20)(H,21,22)/t24-,26+;13-,14-/m10/s1. The van der Waals surface area contributed by atoms with Crippen LogP contribution in [0.4, 0.5) is 4.39 Å². The number of benzene rings is 5. The van der Waals surface area contributed by atoms with Crippen molar-refractivity contribution < 1.29 is 62.9 Å². The van der Waals surface area contributed by atoms with Gasteiger partial charge in [0.15, 0.2) is 0 Å². The van der Waals surface area contributed by atoms with Crippen molar-refractivity contribution in [3.63, 3.8) is 0 Å². The molecule has 7 rings (SSSR count). The summed E-state index contributed by atoms with van der Waals surface area (Å²) in [6.07, 6.45) is -4.09. The molecular weight excluding hydrogens is 765 g/mol. The molecule has 0 aliphatic carbocycles. The van der Waals surface area contributed by atoms with E-state index < -0.39 is 47.8 Å². The Morgan fingerprint density at radius 2 is 1.24 bits per heavy atom. The maximum Gasteiger partial charge on any atom is 0.349 e. The number of halogens is 1. The Hall–Kier alpha value is -6.61. The Morgan fingerprint density at radius 3 is 1.75 bits per heavy atom. The van der Waals surface area contributed by atoms with Gasteiger partial charge in [-0.15, -0.1) is 0 Å². The van der Waals surface area contributed by atoms with Gasteiger partial charge in [0.2, 0.25) is 12.2 Å². The van der Waals surface area contributed by atoms with Crippen LogP contribution >= 0.6 is 0 Å². The number of nitrogens with zero attached hydrogens (tertiary/aromatic N) is 1. The molecule has 0 amide bonds. The summed E-state index contributed by atoms with van der Waals surface area (Å²) < 4.78 is 34.7.